The van der Waals surface area contributed by atoms with Gasteiger partial charge >= 0.3 is 0 Å². The Morgan fingerprint density at radius 3 is 2.41 bits per heavy atom. The molecule has 0 aliphatic heterocycles. The lowest BCUT2D eigenvalue weighted by atomic mass is 10.1. The van der Waals surface area contributed by atoms with E-state index in [1.54, 1.807) is 6.92 Å². The second-order valence-corrected chi connectivity index (χ2v) is 5.73. The molecule has 0 N–H and O–H groups in total. The first-order valence-corrected chi connectivity index (χ1v) is 6.83. The molecular weight excluding hydrogens is 270 g/mol. The molecule has 6 nitrogen and oxygen atoms in total. The Bertz CT molecular complexity index is 581. The lowest BCUT2D eigenvalue weighted by Crippen LogP contribution is -2.04. The Kier molecular flexibility index (Phi) is 3.84. The van der Waals surface area contributed by atoms with Crippen LogP contribution in [0.3, 0.4) is 0 Å². The molecule has 0 amide bonds. The highest BCUT2D eigenvalue weighted by Crippen LogP contribution is 2.29. The molecule has 1 aromatic rings. The number of hydrogen-bond donors (Lipinski definition) is 0. The summed E-state index contributed by atoms with van der Waals surface area (Å²) in [4.78, 5) is 20.2. The van der Waals surface area contributed by atoms with Crippen molar-refractivity contribution in [2.75, 3.05) is 0 Å². The van der Waals surface area contributed by atoms with Gasteiger partial charge in [-0.1, -0.05) is 6.92 Å². The monoisotopic (exact) mass is 277 g/mol. The predicted molar refractivity (Wildman–Crippen MR) is 60.9 cm³/mol. The summed E-state index contributed by atoms with van der Waals surface area (Å²) < 4.78 is 22.5. The van der Waals surface area contributed by atoms with Crippen LogP contribution in [0.5, 0.6) is 0 Å². The number of carbonyl (C=O) groups excluding carboxylic acids is 1. The third-order valence-electron chi connectivity index (χ3n) is 2.17. The van der Waals surface area contributed by atoms with E-state index in [0.717, 1.165) is 6.07 Å². The molecule has 0 aliphatic rings. The summed E-state index contributed by atoms with van der Waals surface area (Å²) in [6, 6.07) is 2.33. The van der Waals surface area contributed by atoms with Crippen molar-refractivity contribution in [3.63, 3.8) is 0 Å². The van der Waals surface area contributed by atoms with Crippen molar-refractivity contribution in [3.05, 3.63) is 33.4 Å². The highest BCUT2D eigenvalue weighted by molar-refractivity contribution is 8.13. The standard InChI is InChI=1S/C9H8ClNO5S/c1-2-6-3-8(11(13)14)7(5-12)9(4-6)17(10,15)16/h3-5H,2H2,1H3. The molecule has 8 heteroatoms. The van der Waals surface area contributed by atoms with E-state index in [4.69, 9.17) is 10.7 Å². The fourth-order valence-electron chi connectivity index (χ4n) is 1.34. The minimum absolute atomic E-state index is 0.118. The normalized spacial score (nSPS) is 11.2. The lowest BCUT2D eigenvalue weighted by Gasteiger charge is -2.05. The first-order chi connectivity index (χ1) is 7.81. The smallest absolute Gasteiger partial charge is 0.281 e. The van der Waals surface area contributed by atoms with Crippen molar-refractivity contribution < 1.29 is 18.1 Å². The molecule has 0 heterocycles. The Morgan fingerprint density at radius 2 is 2.06 bits per heavy atom. The van der Waals surface area contributed by atoms with E-state index in [-0.39, 0.29) is 6.29 Å². The van der Waals surface area contributed by atoms with Crippen LogP contribution in [0.15, 0.2) is 17.0 Å². The van der Waals surface area contributed by atoms with Gasteiger partial charge in [0.05, 0.1) is 4.92 Å². The van der Waals surface area contributed by atoms with E-state index in [2.05, 4.69) is 0 Å². The van der Waals surface area contributed by atoms with E-state index < -0.39 is 30.1 Å². The number of carbonyl (C=O) groups is 1. The van der Waals surface area contributed by atoms with Crippen LogP contribution in [-0.2, 0) is 15.5 Å². The van der Waals surface area contributed by atoms with Gasteiger partial charge in [0.2, 0.25) is 0 Å². The Labute approximate surface area is 102 Å². The van der Waals surface area contributed by atoms with Gasteiger partial charge in [0.1, 0.15) is 10.5 Å². The van der Waals surface area contributed by atoms with E-state index in [0.29, 0.717) is 12.0 Å². The Balaban J connectivity index is 3.75. The summed E-state index contributed by atoms with van der Waals surface area (Å²) >= 11 is 0. The second-order valence-electron chi connectivity index (χ2n) is 3.19. The van der Waals surface area contributed by atoms with Gasteiger partial charge in [0, 0.05) is 16.7 Å². The maximum atomic E-state index is 11.2. The molecule has 0 radical (unpaired) electrons. The van der Waals surface area contributed by atoms with Crippen LogP contribution in [-0.4, -0.2) is 19.6 Å². The number of nitro groups is 1. The summed E-state index contributed by atoms with van der Waals surface area (Å²) in [6.45, 7) is 1.70. The zero-order valence-corrected chi connectivity index (χ0v) is 10.3. The quantitative estimate of drug-likeness (QED) is 0.362. The average Bonchev–Trinajstić information content (AvgIpc) is 2.25. The molecule has 0 unspecified atom stereocenters. The number of nitro benzene ring substituents is 1. The molecule has 0 saturated carbocycles. The molecule has 92 valence electrons. The van der Waals surface area contributed by atoms with Crippen LogP contribution in [0.2, 0.25) is 0 Å². The van der Waals surface area contributed by atoms with Crippen molar-refractivity contribution in [2.24, 2.45) is 0 Å². The minimum atomic E-state index is -4.20. The third-order valence-corrected chi connectivity index (χ3v) is 3.53. The molecular formula is C9H8ClNO5S. The summed E-state index contributed by atoms with van der Waals surface area (Å²) in [6.07, 6.45) is 0.506. The highest BCUT2D eigenvalue weighted by Gasteiger charge is 2.25. The lowest BCUT2D eigenvalue weighted by molar-refractivity contribution is -0.385. The van der Waals surface area contributed by atoms with Crippen molar-refractivity contribution >= 4 is 31.7 Å². The number of nitrogens with zero attached hydrogens (tertiary/aromatic N) is 1. The van der Waals surface area contributed by atoms with Crippen LogP contribution in [0.1, 0.15) is 22.8 Å². The summed E-state index contributed by atoms with van der Waals surface area (Å²) in [5, 5.41) is 10.7. The fraction of sp³-hybridized carbons (Fsp3) is 0.222. The molecule has 0 spiro atoms. The Hall–Kier alpha value is -1.47. The zero-order valence-electron chi connectivity index (χ0n) is 8.71. The summed E-state index contributed by atoms with van der Waals surface area (Å²) in [7, 11) is 0.941. The fourth-order valence-corrected chi connectivity index (χ4v) is 2.43. The van der Waals surface area contributed by atoms with Crippen LogP contribution < -0.4 is 0 Å². The van der Waals surface area contributed by atoms with Crippen LogP contribution in [0.4, 0.5) is 5.69 Å². The number of hydrogen-bond acceptors (Lipinski definition) is 5. The molecule has 0 aromatic heterocycles. The van der Waals surface area contributed by atoms with E-state index in [1.165, 1.54) is 6.07 Å². The first kappa shape index (κ1) is 13.6. The van der Waals surface area contributed by atoms with Crippen molar-refractivity contribution in [1.82, 2.24) is 0 Å². The van der Waals surface area contributed by atoms with Gasteiger partial charge in [-0.3, -0.25) is 14.9 Å². The third kappa shape index (κ3) is 2.80. The van der Waals surface area contributed by atoms with E-state index >= 15 is 0 Å². The first-order valence-electron chi connectivity index (χ1n) is 4.52. The average molecular weight is 278 g/mol. The molecule has 0 saturated heterocycles. The van der Waals surface area contributed by atoms with Crippen LogP contribution >= 0.6 is 10.7 Å². The topological polar surface area (TPSA) is 94.3 Å². The second kappa shape index (κ2) is 4.80. The predicted octanol–water partition coefficient (Wildman–Crippen LogP) is 1.90. The minimum Gasteiger partial charge on any atom is -0.298 e. The van der Waals surface area contributed by atoms with Gasteiger partial charge in [-0.15, -0.1) is 0 Å². The van der Waals surface area contributed by atoms with Gasteiger partial charge in [0.25, 0.3) is 14.7 Å². The number of aldehydes is 1. The maximum absolute atomic E-state index is 11.2. The van der Waals surface area contributed by atoms with Crippen LogP contribution in [0, 0.1) is 10.1 Å². The molecule has 0 aliphatic carbocycles. The van der Waals surface area contributed by atoms with Gasteiger partial charge < -0.3 is 0 Å². The maximum Gasteiger partial charge on any atom is 0.281 e. The van der Waals surface area contributed by atoms with E-state index in [1.807, 2.05) is 0 Å². The summed E-state index contributed by atoms with van der Waals surface area (Å²) in [5.74, 6) is 0. The number of benzene rings is 1. The molecule has 0 bridgehead atoms. The molecule has 0 fully saturated rings. The van der Waals surface area contributed by atoms with Gasteiger partial charge in [-0.05, 0) is 18.1 Å². The Morgan fingerprint density at radius 1 is 1.47 bits per heavy atom. The van der Waals surface area contributed by atoms with Gasteiger partial charge in [-0.2, -0.15) is 0 Å². The molecule has 1 rings (SSSR count). The summed E-state index contributed by atoms with van der Waals surface area (Å²) in [5.41, 5.74) is -0.665. The number of rotatable bonds is 4. The number of halogens is 1. The zero-order chi connectivity index (χ0) is 13.2. The van der Waals surface area contributed by atoms with Crippen LogP contribution in [0.25, 0.3) is 0 Å². The van der Waals surface area contributed by atoms with Crippen molar-refractivity contribution in [1.29, 1.82) is 0 Å². The SMILES string of the molecule is CCc1cc([N+](=O)[O-])c(C=O)c(S(=O)(=O)Cl)c1. The van der Waals surface area contributed by atoms with Gasteiger partial charge in [0.15, 0.2) is 6.29 Å². The number of aryl methyl sites for hydroxylation is 1. The highest BCUT2D eigenvalue weighted by atomic mass is 35.7. The van der Waals surface area contributed by atoms with Crippen molar-refractivity contribution in [3.8, 4) is 0 Å². The largest absolute Gasteiger partial charge is 0.298 e. The molecule has 17 heavy (non-hydrogen) atoms. The molecule has 0 atom stereocenters. The molecule has 1 aromatic carbocycles. The van der Waals surface area contributed by atoms with E-state index in [9.17, 15) is 23.3 Å². The van der Waals surface area contributed by atoms with Gasteiger partial charge in [-0.25, -0.2) is 8.42 Å². The van der Waals surface area contributed by atoms with Crippen molar-refractivity contribution in [2.45, 2.75) is 18.2 Å².